The Morgan fingerprint density at radius 2 is 2.00 bits per heavy atom. The van der Waals surface area contributed by atoms with Crippen LogP contribution in [-0.2, 0) is 15.9 Å². The van der Waals surface area contributed by atoms with Crippen LogP contribution in [0.1, 0.15) is 0 Å². The Bertz CT molecular complexity index is 224. The zero-order valence-corrected chi connectivity index (χ0v) is 7.48. The molecule has 0 radical (unpaired) electrons. The van der Waals surface area contributed by atoms with E-state index in [0.717, 1.165) is 8.47 Å². The molecule has 0 aliphatic heterocycles. The van der Waals surface area contributed by atoms with Crippen molar-refractivity contribution in [3.8, 4) is 0 Å². The van der Waals surface area contributed by atoms with Gasteiger partial charge in [0, 0.05) is 10.3 Å². The number of rotatable bonds is 1. The van der Waals surface area contributed by atoms with Crippen molar-refractivity contribution in [3.05, 3.63) is 27.8 Å². The first-order valence-corrected chi connectivity index (χ1v) is 4.21. The molecule has 0 atom stereocenters. The maximum absolute atomic E-state index is 10.3. The van der Waals surface area contributed by atoms with Crippen LogP contribution in [0.3, 0.4) is 0 Å². The highest BCUT2D eigenvalue weighted by atomic mass is 127. The van der Waals surface area contributed by atoms with Crippen LogP contribution in [0.25, 0.3) is 0 Å². The summed E-state index contributed by atoms with van der Waals surface area (Å²) in [6.45, 7) is 0. The van der Waals surface area contributed by atoms with Gasteiger partial charge < -0.3 is 0 Å². The Morgan fingerprint density at radius 3 is 2.44 bits per heavy atom. The van der Waals surface area contributed by atoms with Gasteiger partial charge in [0.2, 0.25) is 0 Å². The summed E-state index contributed by atoms with van der Waals surface area (Å²) in [5.74, 6) is 0. The van der Waals surface area contributed by atoms with E-state index >= 15 is 0 Å². The van der Waals surface area contributed by atoms with Crippen LogP contribution in [0.2, 0.25) is 0 Å². The zero-order chi connectivity index (χ0) is 6.69. The second kappa shape index (κ2) is 3.22. The smallest absolute Gasteiger partial charge is 0.0608 e. The van der Waals surface area contributed by atoms with Crippen LogP contribution in [0, 0.1) is 3.57 Å². The quantitative estimate of drug-likeness (QED) is 0.551. The number of halogens is 1. The standard InChI is InChI=1S/C6H4IOS/c7-5-3-1-2-4-6(5)9-8/h1-4H/q+1. The van der Waals surface area contributed by atoms with Crippen LogP contribution in [0.4, 0.5) is 0 Å². The van der Waals surface area contributed by atoms with Gasteiger partial charge in [0.15, 0.2) is 0 Å². The number of benzene rings is 1. The van der Waals surface area contributed by atoms with E-state index in [2.05, 4.69) is 22.6 Å². The molecule has 0 amide bonds. The maximum atomic E-state index is 10.3. The number of hydrogen-bond acceptors (Lipinski definition) is 1. The van der Waals surface area contributed by atoms with Crippen LogP contribution in [-0.4, -0.2) is 0 Å². The van der Waals surface area contributed by atoms with E-state index in [9.17, 15) is 4.21 Å². The van der Waals surface area contributed by atoms with E-state index in [0.29, 0.717) is 11.7 Å². The van der Waals surface area contributed by atoms with Crippen LogP contribution >= 0.6 is 22.6 Å². The van der Waals surface area contributed by atoms with Gasteiger partial charge in [-0.05, 0) is 28.7 Å². The fraction of sp³-hybridized carbons (Fsp3) is 0. The summed E-state index contributed by atoms with van der Waals surface area (Å²) >= 11 is 2.68. The van der Waals surface area contributed by atoms with E-state index in [1.807, 2.05) is 24.3 Å². The summed E-state index contributed by atoms with van der Waals surface area (Å²) in [7, 11) is 0. The Labute approximate surface area is 71.1 Å². The molecule has 9 heavy (non-hydrogen) atoms. The molecule has 0 N–H and O–H groups in total. The van der Waals surface area contributed by atoms with Crippen LogP contribution < -0.4 is 0 Å². The third-order valence-electron chi connectivity index (χ3n) is 0.926. The van der Waals surface area contributed by atoms with Gasteiger partial charge in [0.1, 0.15) is 0 Å². The van der Waals surface area contributed by atoms with Gasteiger partial charge in [-0.3, -0.25) is 0 Å². The molecule has 1 aromatic rings. The van der Waals surface area contributed by atoms with E-state index in [1.165, 1.54) is 0 Å². The lowest BCUT2D eigenvalue weighted by Gasteiger charge is -1.80. The first kappa shape index (κ1) is 7.08. The van der Waals surface area contributed by atoms with Gasteiger partial charge in [-0.25, -0.2) is 0 Å². The summed E-state index contributed by atoms with van der Waals surface area (Å²) in [4.78, 5) is 0.804. The lowest BCUT2D eigenvalue weighted by molar-refractivity contribution is 0.604. The van der Waals surface area contributed by atoms with E-state index in [4.69, 9.17) is 0 Å². The van der Waals surface area contributed by atoms with Gasteiger partial charge in [-0.15, -0.1) is 0 Å². The van der Waals surface area contributed by atoms with Gasteiger partial charge in [0.05, 0.1) is 3.57 Å². The Morgan fingerprint density at radius 1 is 1.33 bits per heavy atom. The topological polar surface area (TPSA) is 17.1 Å². The average molecular weight is 251 g/mol. The highest BCUT2D eigenvalue weighted by Crippen LogP contribution is 2.10. The van der Waals surface area contributed by atoms with E-state index < -0.39 is 0 Å². The molecule has 0 fully saturated rings. The summed E-state index contributed by atoms with van der Waals surface area (Å²) in [6.07, 6.45) is 0. The molecular formula is C6H4IOS+. The molecule has 0 aliphatic carbocycles. The summed E-state index contributed by atoms with van der Waals surface area (Å²) < 4.78 is 11.3. The van der Waals surface area contributed by atoms with Gasteiger partial charge >= 0.3 is 11.7 Å². The molecule has 1 aromatic carbocycles. The second-order valence-corrected chi connectivity index (χ2v) is 3.28. The maximum Gasteiger partial charge on any atom is 0.506 e. The molecule has 0 saturated carbocycles. The predicted molar refractivity (Wildman–Crippen MR) is 45.5 cm³/mol. The van der Waals surface area contributed by atoms with Crippen molar-refractivity contribution in [1.29, 1.82) is 0 Å². The third-order valence-corrected chi connectivity index (χ3v) is 2.77. The second-order valence-electron chi connectivity index (χ2n) is 1.51. The largest absolute Gasteiger partial charge is 0.506 e. The lowest BCUT2D eigenvalue weighted by atomic mass is 10.4. The minimum atomic E-state index is 0.538. The minimum Gasteiger partial charge on any atom is -0.0608 e. The van der Waals surface area contributed by atoms with Gasteiger partial charge in [0.25, 0.3) is 4.90 Å². The highest BCUT2D eigenvalue weighted by Gasteiger charge is 2.08. The molecule has 1 nitrogen and oxygen atoms in total. The van der Waals surface area contributed by atoms with E-state index in [-0.39, 0.29) is 0 Å². The van der Waals surface area contributed by atoms with Crippen molar-refractivity contribution in [3.63, 3.8) is 0 Å². The Kier molecular flexibility index (Phi) is 2.53. The highest BCUT2D eigenvalue weighted by molar-refractivity contribution is 14.1. The zero-order valence-electron chi connectivity index (χ0n) is 4.50. The lowest BCUT2D eigenvalue weighted by Crippen LogP contribution is -1.76. The summed E-state index contributed by atoms with van der Waals surface area (Å²) in [5, 5.41) is 0. The molecule has 0 aromatic heterocycles. The van der Waals surface area contributed by atoms with Crippen molar-refractivity contribution in [2.24, 2.45) is 0 Å². The monoisotopic (exact) mass is 251 g/mol. The fourth-order valence-electron chi connectivity index (χ4n) is 0.512. The summed E-state index contributed by atoms with van der Waals surface area (Å²) in [5.41, 5.74) is 0. The van der Waals surface area contributed by atoms with Gasteiger partial charge in [-0.1, -0.05) is 12.1 Å². The molecule has 0 unspecified atom stereocenters. The first-order chi connectivity index (χ1) is 4.34. The van der Waals surface area contributed by atoms with Crippen molar-refractivity contribution >= 4 is 34.3 Å². The molecule has 0 saturated heterocycles. The van der Waals surface area contributed by atoms with Crippen molar-refractivity contribution < 1.29 is 4.21 Å². The van der Waals surface area contributed by atoms with Crippen molar-refractivity contribution in [1.82, 2.24) is 0 Å². The minimum absolute atomic E-state index is 0.538. The molecule has 3 heteroatoms. The first-order valence-electron chi connectivity index (χ1n) is 2.39. The normalized spacial score (nSPS) is 9.00. The molecule has 0 spiro atoms. The molecule has 0 aliphatic rings. The summed E-state index contributed by atoms with van der Waals surface area (Å²) in [6, 6.07) is 7.52. The molecule has 1 rings (SSSR count). The molecular weight excluding hydrogens is 247 g/mol. The van der Waals surface area contributed by atoms with E-state index in [1.54, 1.807) is 0 Å². The number of hydrogen-bond donors (Lipinski definition) is 0. The Balaban J connectivity index is 3.15. The molecule has 0 bridgehead atoms. The SMILES string of the molecule is O=[S+]c1ccccc1I. The molecule has 0 heterocycles. The van der Waals surface area contributed by atoms with Crippen molar-refractivity contribution in [2.45, 2.75) is 4.90 Å². The van der Waals surface area contributed by atoms with Gasteiger partial charge in [-0.2, -0.15) is 0 Å². The predicted octanol–water partition coefficient (Wildman–Crippen LogP) is 2.08. The van der Waals surface area contributed by atoms with Crippen LogP contribution in [0.5, 0.6) is 0 Å². The average Bonchev–Trinajstić information content (AvgIpc) is 1.89. The fourth-order valence-corrected chi connectivity index (χ4v) is 1.45. The Hall–Kier alpha value is -0.0300. The molecule has 46 valence electrons. The van der Waals surface area contributed by atoms with Crippen molar-refractivity contribution in [2.75, 3.05) is 0 Å². The third kappa shape index (κ3) is 1.69. The van der Waals surface area contributed by atoms with Crippen LogP contribution in [0.15, 0.2) is 29.2 Å².